The molecule has 0 radical (unpaired) electrons. The van der Waals surface area contributed by atoms with Crippen molar-refractivity contribution in [3.05, 3.63) is 200 Å². The summed E-state index contributed by atoms with van der Waals surface area (Å²) >= 11 is 1.86. The first-order valence-corrected chi connectivity index (χ1v) is 22.2. The molecule has 12 rings (SSSR count). The third-order valence-electron chi connectivity index (χ3n) is 11.9. The van der Waals surface area contributed by atoms with Crippen molar-refractivity contribution in [2.45, 2.75) is 0 Å². The molecule has 0 spiro atoms. The van der Waals surface area contributed by atoms with Gasteiger partial charge in [-0.3, -0.25) is 0 Å². The van der Waals surface area contributed by atoms with E-state index in [-0.39, 0.29) is 0 Å². The number of hydrogen-bond acceptors (Lipinski definition) is 3. The van der Waals surface area contributed by atoms with Crippen molar-refractivity contribution in [2.75, 3.05) is 0 Å². The van der Waals surface area contributed by atoms with E-state index in [1.165, 1.54) is 68.3 Å². The van der Waals surface area contributed by atoms with E-state index < -0.39 is 8.07 Å². The highest BCUT2D eigenvalue weighted by atomic mass is 32.1. The molecule has 11 aromatic rings. The number of aromatic nitrogens is 3. The Balaban J connectivity index is 1.08. The monoisotopic (exact) mass is 759 g/mol. The van der Waals surface area contributed by atoms with Crippen LogP contribution in [0.5, 0.6) is 0 Å². The largest absolute Gasteiger partial charge is 0.309 e. The van der Waals surface area contributed by atoms with Gasteiger partial charge in [0.15, 0.2) is 13.9 Å². The average molecular weight is 760 g/mol. The van der Waals surface area contributed by atoms with E-state index in [0.29, 0.717) is 0 Å². The first kappa shape index (κ1) is 32.3. The molecule has 0 unspecified atom stereocenters. The maximum Gasteiger partial charge on any atom is 0.185 e. The molecule has 3 nitrogen and oxygen atoms in total. The van der Waals surface area contributed by atoms with Crippen molar-refractivity contribution in [1.82, 2.24) is 14.5 Å². The first-order valence-electron chi connectivity index (χ1n) is 19.4. The molecule has 3 aromatic heterocycles. The number of rotatable bonds is 5. The minimum Gasteiger partial charge on any atom is -0.309 e. The molecule has 4 heterocycles. The zero-order valence-corrected chi connectivity index (χ0v) is 32.6. The second-order valence-electron chi connectivity index (χ2n) is 14.9. The molecule has 5 heteroatoms. The summed E-state index contributed by atoms with van der Waals surface area (Å²) in [4.78, 5) is 11.1. The van der Waals surface area contributed by atoms with Crippen molar-refractivity contribution in [3.63, 3.8) is 0 Å². The van der Waals surface area contributed by atoms with Gasteiger partial charge in [-0.25, -0.2) is 9.97 Å². The van der Waals surface area contributed by atoms with Crippen molar-refractivity contribution in [3.8, 4) is 39.6 Å². The van der Waals surface area contributed by atoms with E-state index in [4.69, 9.17) is 9.97 Å². The Labute approximate surface area is 334 Å². The van der Waals surface area contributed by atoms with Gasteiger partial charge in [-0.1, -0.05) is 152 Å². The molecule has 0 amide bonds. The van der Waals surface area contributed by atoms with Crippen molar-refractivity contribution < 1.29 is 0 Å². The maximum atomic E-state index is 5.58. The lowest BCUT2D eigenvalue weighted by Crippen LogP contribution is -2.73. The number of nitrogens with zero attached hydrogens (tertiary/aromatic N) is 3. The van der Waals surface area contributed by atoms with Crippen LogP contribution >= 0.6 is 11.3 Å². The lowest BCUT2D eigenvalue weighted by atomic mass is 10.1. The lowest BCUT2D eigenvalue weighted by molar-refractivity contribution is 1.17. The number of benzene rings is 8. The standard InChI is InChI=1S/C52H33N3SSi/c1-4-16-34(17-5-1)49-51-50(41-24-12-15-27-48(41)57(51,37-18-6-2-7-19-37)38-20-8-3-9-21-38)54-52(53-49)35-28-30-36(31-29-35)55-44-25-13-10-22-39(44)42-32-43-40-23-11-14-26-46(40)56-47(43)33-45(42)55/h1-33H. The Morgan fingerprint density at radius 2 is 1.04 bits per heavy atom. The molecule has 0 bridgehead atoms. The quantitative estimate of drug-likeness (QED) is 0.164. The summed E-state index contributed by atoms with van der Waals surface area (Å²) in [6.07, 6.45) is 0. The predicted octanol–water partition coefficient (Wildman–Crippen LogP) is 10.6. The molecular weight excluding hydrogens is 727 g/mol. The molecule has 57 heavy (non-hydrogen) atoms. The van der Waals surface area contributed by atoms with Gasteiger partial charge < -0.3 is 4.57 Å². The zero-order valence-electron chi connectivity index (χ0n) is 30.8. The highest BCUT2D eigenvalue weighted by molar-refractivity contribution is 7.26. The van der Waals surface area contributed by atoms with Gasteiger partial charge >= 0.3 is 0 Å². The SMILES string of the molecule is c1ccc(-c2nc(-c3ccc(-n4c5ccccc5c5cc6c(cc54)sc4ccccc46)cc3)nc3c2[Si](c2ccccc2)(c2ccccc2)c2ccccc2-3)cc1. The summed E-state index contributed by atoms with van der Waals surface area (Å²) in [5.41, 5.74) is 8.84. The van der Waals surface area contributed by atoms with Gasteiger partial charge in [0.05, 0.1) is 22.4 Å². The second kappa shape index (κ2) is 12.5. The highest BCUT2D eigenvalue weighted by Crippen LogP contribution is 2.41. The molecule has 1 aliphatic heterocycles. The van der Waals surface area contributed by atoms with Crippen LogP contribution in [0.15, 0.2) is 200 Å². The Kier molecular flexibility index (Phi) is 7.12. The van der Waals surface area contributed by atoms with Gasteiger partial charge in [0.25, 0.3) is 0 Å². The molecule has 0 saturated carbocycles. The molecule has 0 fully saturated rings. The lowest BCUT2D eigenvalue weighted by Gasteiger charge is -2.32. The topological polar surface area (TPSA) is 30.7 Å². The van der Waals surface area contributed by atoms with Crippen LogP contribution < -0.4 is 20.7 Å². The third-order valence-corrected chi connectivity index (χ3v) is 17.9. The van der Waals surface area contributed by atoms with Crippen molar-refractivity contribution in [2.24, 2.45) is 0 Å². The summed E-state index contributed by atoms with van der Waals surface area (Å²) in [6, 6.07) is 73.0. The number of thiophene rings is 1. The van der Waals surface area contributed by atoms with Crippen molar-refractivity contribution >= 4 is 82.1 Å². The molecule has 0 aliphatic carbocycles. The summed E-state index contributed by atoms with van der Waals surface area (Å²) in [6.45, 7) is 0. The average Bonchev–Trinajstić information content (AvgIpc) is 3.92. The molecule has 8 aromatic carbocycles. The molecule has 266 valence electrons. The predicted molar refractivity (Wildman–Crippen MR) is 243 cm³/mol. The smallest absolute Gasteiger partial charge is 0.185 e. The number of para-hydroxylation sites is 1. The third kappa shape index (κ3) is 4.70. The van der Waals surface area contributed by atoms with E-state index in [1.54, 1.807) is 0 Å². The van der Waals surface area contributed by atoms with Gasteiger partial charge in [-0.05, 0) is 64.1 Å². The minimum atomic E-state index is -2.83. The number of fused-ring (bicyclic) bond motifs is 9. The van der Waals surface area contributed by atoms with E-state index >= 15 is 0 Å². The van der Waals surface area contributed by atoms with Crippen LogP contribution in [-0.2, 0) is 0 Å². The van der Waals surface area contributed by atoms with Crippen LogP contribution in [0.1, 0.15) is 0 Å². The van der Waals surface area contributed by atoms with Gasteiger partial charge in [-0.15, -0.1) is 11.3 Å². The van der Waals surface area contributed by atoms with Crippen LogP contribution in [0.4, 0.5) is 0 Å². The van der Waals surface area contributed by atoms with E-state index in [2.05, 4.69) is 205 Å². The van der Waals surface area contributed by atoms with Crippen LogP contribution in [0.25, 0.3) is 81.6 Å². The minimum absolute atomic E-state index is 0.731. The van der Waals surface area contributed by atoms with Gasteiger partial charge in [0.1, 0.15) is 0 Å². The summed E-state index contributed by atoms with van der Waals surface area (Å²) in [5, 5.41) is 10.4. The summed E-state index contributed by atoms with van der Waals surface area (Å²) in [5.74, 6) is 0.731. The van der Waals surface area contributed by atoms with Gasteiger partial charge in [0, 0.05) is 58.5 Å². The Morgan fingerprint density at radius 3 is 1.79 bits per heavy atom. The van der Waals surface area contributed by atoms with Crippen LogP contribution in [0.2, 0.25) is 0 Å². The summed E-state index contributed by atoms with van der Waals surface area (Å²) < 4.78 is 5.03. The van der Waals surface area contributed by atoms with Crippen LogP contribution in [-0.4, -0.2) is 22.6 Å². The van der Waals surface area contributed by atoms with Gasteiger partial charge in [0.2, 0.25) is 0 Å². The van der Waals surface area contributed by atoms with E-state index in [1.807, 2.05) is 11.3 Å². The van der Waals surface area contributed by atoms with E-state index in [0.717, 1.165) is 34.0 Å². The Bertz CT molecular complexity index is 3300. The maximum absolute atomic E-state index is 5.58. The normalized spacial score (nSPS) is 13.1. The van der Waals surface area contributed by atoms with Gasteiger partial charge in [-0.2, -0.15) is 0 Å². The van der Waals surface area contributed by atoms with Crippen molar-refractivity contribution in [1.29, 1.82) is 0 Å². The summed E-state index contributed by atoms with van der Waals surface area (Å²) in [7, 11) is -2.83. The van der Waals surface area contributed by atoms with E-state index in [9.17, 15) is 0 Å². The van der Waals surface area contributed by atoms with Crippen LogP contribution in [0, 0.1) is 0 Å². The first-order chi connectivity index (χ1) is 28.3. The molecule has 0 saturated heterocycles. The fourth-order valence-electron chi connectivity index (χ4n) is 9.46. The second-order valence-corrected chi connectivity index (χ2v) is 19.7. The van der Waals surface area contributed by atoms with Crippen LogP contribution in [0.3, 0.4) is 0 Å². The fraction of sp³-hybridized carbons (Fsp3) is 0. The number of hydrogen-bond donors (Lipinski definition) is 0. The Hall–Kier alpha value is -6.92. The zero-order chi connectivity index (χ0) is 37.5. The highest BCUT2D eigenvalue weighted by Gasteiger charge is 2.51. The fourth-order valence-corrected chi connectivity index (χ4v) is 15.8. The molecule has 0 atom stereocenters. The molecule has 0 N–H and O–H groups in total. The molecular formula is C52H33N3SSi. The Morgan fingerprint density at radius 1 is 0.421 bits per heavy atom. The molecule has 1 aliphatic rings.